The summed E-state index contributed by atoms with van der Waals surface area (Å²) in [5, 5.41) is 0. The molecule has 2 aromatic rings. The van der Waals surface area contributed by atoms with Crippen LogP contribution < -0.4 is 4.74 Å². The summed E-state index contributed by atoms with van der Waals surface area (Å²) in [5.41, 5.74) is -1.74. The van der Waals surface area contributed by atoms with E-state index < -0.39 is 35.2 Å². The molecule has 2 heterocycles. The number of furan rings is 1. The van der Waals surface area contributed by atoms with Gasteiger partial charge in [-0.25, -0.2) is 9.18 Å². The summed E-state index contributed by atoms with van der Waals surface area (Å²) < 4.78 is 69.6. The van der Waals surface area contributed by atoms with E-state index in [1.807, 2.05) is 0 Å². The average molecular weight is 485 g/mol. The van der Waals surface area contributed by atoms with E-state index in [1.54, 1.807) is 27.7 Å². The third-order valence-corrected chi connectivity index (χ3v) is 5.44. The first-order valence-electron chi connectivity index (χ1n) is 10.8. The molecular weight excluding hydrogens is 458 g/mol. The van der Waals surface area contributed by atoms with Crippen molar-refractivity contribution < 1.29 is 41.0 Å². The Bertz CT molecular complexity index is 1080. The number of rotatable bonds is 4. The molecule has 1 aromatic carbocycles. The molecule has 0 aliphatic carbocycles. The summed E-state index contributed by atoms with van der Waals surface area (Å²) in [5.74, 6) is -2.59. The highest BCUT2D eigenvalue weighted by molar-refractivity contribution is 5.96. The number of halogens is 4. The number of hydrogen-bond donors (Lipinski definition) is 0. The van der Waals surface area contributed by atoms with Crippen LogP contribution in [0.5, 0.6) is 5.75 Å². The van der Waals surface area contributed by atoms with Gasteiger partial charge in [-0.15, -0.1) is 0 Å². The zero-order chi connectivity index (χ0) is 25.4. The van der Waals surface area contributed by atoms with Gasteiger partial charge in [0.15, 0.2) is 5.76 Å². The first kappa shape index (κ1) is 25.6. The van der Waals surface area contributed by atoms with Gasteiger partial charge in [-0.1, -0.05) is 0 Å². The number of alkyl halides is 3. The van der Waals surface area contributed by atoms with Crippen LogP contribution in [0.4, 0.5) is 22.4 Å². The van der Waals surface area contributed by atoms with Gasteiger partial charge >= 0.3 is 12.3 Å². The Labute approximate surface area is 194 Å². The highest BCUT2D eigenvalue weighted by Crippen LogP contribution is 2.41. The Morgan fingerprint density at radius 3 is 2.41 bits per heavy atom. The Balaban J connectivity index is 1.87. The van der Waals surface area contributed by atoms with Crippen LogP contribution >= 0.6 is 0 Å². The fourth-order valence-corrected chi connectivity index (χ4v) is 3.87. The third kappa shape index (κ3) is 5.53. The topological polar surface area (TPSA) is 69.0 Å². The van der Waals surface area contributed by atoms with Crippen molar-refractivity contribution in [1.29, 1.82) is 0 Å². The monoisotopic (exact) mass is 485 g/mol. The van der Waals surface area contributed by atoms with E-state index >= 15 is 0 Å². The first-order chi connectivity index (χ1) is 15.7. The van der Waals surface area contributed by atoms with Gasteiger partial charge in [-0.05, 0) is 64.3 Å². The lowest BCUT2D eigenvalue weighted by molar-refractivity contribution is -0.140. The van der Waals surface area contributed by atoms with Crippen LogP contribution in [0.3, 0.4) is 0 Å². The Kier molecular flexibility index (Phi) is 7.00. The molecule has 34 heavy (non-hydrogen) atoms. The van der Waals surface area contributed by atoms with Crippen LogP contribution in [0.15, 0.2) is 22.6 Å². The standard InChI is InChI=1S/C24H27F4NO5/c1-13-9-19(20(30)14-7-6-8-29(12-14)22(31)34-23(2,3)4)33-21(13)15-10-17(25)16(24(26,27)28)11-18(15)32-5/h9-11,14H,6-8,12H2,1-5H3/t14-/m1/s1. The fraction of sp³-hybridized carbons (Fsp3) is 0.500. The molecule has 0 N–H and O–H groups in total. The van der Waals surface area contributed by atoms with Gasteiger partial charge in [0.05, 0.1) is 18.2 Å². The van der Waals surface area contributed by atoms with Gasteiger partial charge < -0.3 is 18.8 Å². The maximum atomic E-state index is 14.2. The molecule has 1 saturated heterocycles. The Morgan fingerprint density at radius 1 is 1.15 bits per heavy atom. The van der Waals surface area contributed by atoms with E-state index in [9.17, 15) is 27.2 Å². The second-order valence-electron chi connectivity index (χ2n) is 9.28. The van der Waals surface area contributed by atoms with E-state index in [0.29, 0.717) is 37.1 Å². The van der Waals surface area contributed by atoms with Gasteiger partial charge in [-0.3, -0.25) is 4.79 Å². The summed E-state index contributed by atoms with van der Waals surface area (Å²) in [6.07, 6.45) is -4.27. The lowest BCUT2D eigenvalue weighted by Gasteiger charge is -2.33. The third-order valence-electron chi connectivity index (χ3n) is 5.44. The lowest BCUT2D eigenvalue weighted by atomic mass is 9.92. The van der Waals surface area contributed by atoms with E-state index in [1.165, 1.54) is 11.0 Å². The van der Waals surface area contributed by atoms with Crippen molar-refractivity contribution in [3.05, 3.63) is 40.9 Å². The Hall–Kier alpha value is -3.04. The summed E-state index contributed by atoms with van der Waals surface area (Å²) in [7, 11) is 1.16. The van der Waals surface area contributed by atoms with Crippen LogP contribution in [0.1, 0.15) is 55.3 Å². The van der Waals surface area contributed by atoms with Gasteiger partial charge in [0.2, 0.25) is 5.78 Å². The summed E-state index contributed by atoms with van der Waals surface area (Å²) in [4.78, 5) is 27.0. The van der Waals surface area contributed by atoms with Crippen LogP contribution in [0.2, 0.25) is 0 Å². The number of hydrogen-bond acceptors (Lipinski definition) is 5. The molecule has 1 fully saturated rings. The number of nitrogens with zero attached hydrogens (tertiary/aromatic N) is 1. The molecular formula is C24H27F4NO5. The van der Waals surface area contributed by atoms with Crippen molar-refractivity contribution in [3.8, 4) is 17.1 Å². The van der Waals surface area contributed by atoms with Crippen molar-refractivity contribution >= 4 is 11.9 Å². The molecule has 186 valence electrons. The predicted molar refractivity (Wildman–Crippen MR) is 115 cm³/mol. The van der Waals surface area contributed by atoms with E-state index in [2.05, 4.69) is 0 Å². The zero-order valence-electron chi connectivity index (χ0n) is 19.6. The minimum Gasteiger partial charge on any atom is -0.496 e. The van der Waals surface area contributed by atoms with Crippen LogP contribution in [-0.2, 0) is 10.9 Å². The SMILES string of the molecule is COc1cc(C(F)(F)F)c(F)cc1-c1oc(C(=O)[C@@H]2CCCN(C(=O)OC(C)(C)C)C2)cc1C. The predicted octanol–water partition coefficient (Wildman–Crippen LogP) is 6.25. The maximum Gasteiger partial charge on any atom is 0.419 e. The summed E-state index contributed by atoms with van der Waals surface area (Å²) in [6, 6.07) is 2.71. The minimum atomic E-state index is -4.89. The van der Waals surface area contributed by atoms with Crippen LogP contribution in [-0.4, -0.2) is 42.6 Å². The number of carbonyl (C=O) groups excluding carboxylic acids is 2. The number of Topliss-reactive ketones (excluding diaryl/α,β-unsaturated/α-hetero) is 1. The van der Waals surface area contributed by atoms with Gasteiger partial charge in [0.25, 0.3) is 0 Å². The number of ketones is 1. The molecule has 1 aliphatic rings. The normalized spacial score (nSPS) is 17.0. The minimum absolute atomic E-state index is 0.0223. The fourth-order valence-electron chi connectivity index (χ4n) is 3.87. The molecule has 3 rings (SSSR count). The van der Waals surface area contributed by atoms with Crippen LogP contribution in [0.25, 0.3) is 11.3 Å². The molecule has 1 amide bonds. The van der Waals surface area contributed by atoms with Crippen molar-refractivity contribution in [2.75, 3.05) is 20.2 Å². The van der Waals surface area contributed by atoms with Crippen molar-refractivity contribution in [3.63, 3.8) is 0 Å². The first-order valence-corrected chi connectivity index (χ1v) is 10.8. The lowest BCUT2D eigenvalue weighted by Crippen LogP contribution is -2.44. The summed E-state index contributed by atoms with van der Waals surface area (Å²) in [6.45, 7) is 7.47. The number of carbonyl (C=O) groups is 2. The highest BCUT2D eigenvalue weighted by Gasteiger charge is 2.37. The molecule has 1 atom stereocenters. The van der Waals surface area contributed by atoms with Gasteiger partial charge in [0, 0.05) is 19.0 Å². The molecule has 6 nitrogen and oxygen atoms in total. The number of ether oxygens (including phenoxy) is 2. The average Bonchev–Trinajstić information content (AvgIpc) is 3.12. The quantitative estimate of drug-likeness (QED) is 0.378. The largest absolute Gasteiger partial charge is 0.496 e. The Morgan fingerprint density at radius 2 is 1.82 bits per heavy atom. The molecule has 0 radical (unpaired) electrons. The molecule has 1 aromatic heterocycles. The number of methoxy groups -OCH3 is 1. The molecule has 10 heteroatoms. The molecule has 0 saturated carbocycles. The maximum absolute atomic E-state index is 14.2. The van der Waals surface area contributed by atoms with Gasteiger partial charge in [-0.2, -0.15) is 13.2 Å². The number of aryl methyl sites for hydroxylation is 1. The molecule has 1 aliphatic heterocycles. The van der Waals surface area contributed by atoms with Crippen molar-refractivity contribution in [2.24, 2.45) is 5.92 Å². The van der Waals surface area contributed by atoms with Crippen molar-refractivity contribution in [1.82, 2.24) is 4.90 Å². The highest BCUT2D eigenvalue weighted by atomic mass is 19.4. The van der Waals surface area contributed by atoms with E-state index in [0.717, 1.165) is 7.11 Å². The number of benzene rings is 1. The number of piperidine rings is 1. The molecule has 0 spiro atoms. The second-order valence-corrected chi connectivity index (χ2v) is 9.28. The second kappa shape index (κ2) is 9.31. The van der Waals surface area contributed by atoms with Gasteiger partial charge in [0.1, 0.15) is 22.9 Å². The van der Waals surface area contributed by atoms with E-state index in [-0.39, 0.29) is 35.2 Å². The van der Waals surface area contributed by atoms with Crippen LogP contribution in [0, 0.1) is 18.7 Å². The molecule has 0 unspecified atom stereocenters. The smallest absolute Gasteiger partial charge is 0.419 e. The summed E-state index contributed by atoms with van der Waals surface area (Å²) >= 11 is 0. The van der Waals surface area contributed by atoms with E-state index in [4.69, 9.17) is 13.9 Å². The van der Waals surface area contributed by atoms with Crippen molar-refractivity contribution in [2.45, 2.75) is 52.3 Å². The number of amides is 1. The number of likely N-dealkylation sites (tertiary alicyclic amines) is 1. The molecule has 0 bridgehead atoms. The zero-order valence-corrected chi connectivity index (χ0v) is 19.6.